The molecule has 0 unspecified atom stereocenters. The average molecular weight is 331 g/mol. The number of halogens is 1. The molecule has 0 aliphatic carbocycles. The van der Waals surface area contributed by atoms with Gasteiger partial charge in [0.2, 0.25) is 0 Å². The zero-order valence-corrected chi connectivity index (χ0v) is 13.9. The number of rotatable bonds is 5. The third-order valence-electron chi connectivity index (χ3n) is 3.44. The Hall–Kier alpha value is -2.33. The number of nitrogens with zero attached hydrogens (tertiary/aromatic N) is 1. The number of hydrazone groups is 1. The molecule has 0 aliphatic heterocycles. The van der Waals surface area contributed by atoms with Crippen molar-refractivity contribution in [1.29, 1.82) is 0 Å². The molecule has 0 aromatic heterocycles. The number of aromatic hydroxyl groups is 1. The molecule has 5 heteroatoms. The van der Waals surface area contributed by atoms with Gasteiger partial charge in [0.25, 0.3) is 5.91 Å². The van der Waals surface area contributed by atoms with Crippen molar-refractivity contribution in [1.82, 2.24) is 5.43 Å². The van der Waals surface area contributed by atoms with Crippen LogP contribution in [0.15, 0.2) is 47.6 Å². The van der Waals surface area contributed by atoms with Gasteiger partial charge in [0.15, 0.2) is 0 Å². The van der Waals surface area contributed by atoms with Crippen molar-refractivity contribution < 1.29 is 9.90 Å². The Bertz CT molecular complexity index is 724. The van der Waals surface area contributed by atoms with E-state index < -0.39 is 5.91 Å². The van der Waals surface area contributed by atoms with Gasteiger partial charge in [-0.1, -0.05) is 49.2 Å². The zero-order valence-electron chi connectivity index (χ0n) is 13.1. The second-order valence-electron chi connectivity index (χ2n) is 5.25. The number of hydrogen-bond acceptors (Lipinski definition) is 3. The molecule has 2 aromatic rings. The maximum Gasteiger partial charge on any atom is 0.275 e. The van der Waals surface area contributed by atoms with Crippen LogP contribution in [0.25, 0.3) is 0 Å². The molecule has 2 N–H and O–H groups in total. The lowest BCUT2D eigenvalue weighted by molar-refractivity contribution is 0.0952. The Morgan fingerprint density at radius 2 is 1.91 bits per heavy atom. The Kier molecular flexibility index (Phi) is 5.77. The first-order valence-corrected chi connectivity index (χ1v) is 7.81. The van der Waals surface area contributed by atoms with Crippen LogP contribution in [0.2, 0.25) is 5.02 Å². The highest BCUT2D eigenvalue weighted by Crippen LogP contribution is 2.21. The summed E-state index contributed by atoms with van der Waals surface area (Å²) in [6, 6.07) is 12.4. The van der Waals surface area contributed by atoms with Gasteiger partial charge in [-0.25, -0.2) is 5.43 Å². The van der Waals surface area contributed by atoms with Crippen LogP contribution in [0, 0.1) is 0 Å². The Morgan fingerprint density at radius 3 is 2.57 bits per heavy atom. The highest BCUT2D eigenvalue weighted by Gasteiger charge is 2.11. The smallest absolute Gasteiger partial charge is 0.275 e. The molecule has 0 saturated heterocycles. The Labute approximate surface area is 140 Å². The average Bonchev–Trinajstić information content (AvgIpc) is 2.55. The number of carbonyl (C=O) groups is 1. The predicted molar refractivity (Wildman–Crippen MR) is 93.2 cm³/mol. The summed E-state index contributed by atoms with van der Waals surface area (Å²) in [5.74, 6) is -0.643. The van der Waals surface area contributed by atoms with E-state index >= 15 is 0 Å². The molecule has 0 saturated carbocycles. The van der Waals surface area contributed by atoms with E-state index in [1.165, 1.54) is 23.8 Å². The summed E-state index contributed by atoms with van der Waals surface area (Å²) >= 11 is 5.83. The first-order chi connectivity index (χ1) is 11.0. The monoisotopic (exact) mass is 330 g/mol. The topological polar surface area (TPSA) is 61.7 Å². The molecule has 23 heavy (non-hydrogen) atoms. The van der Waals surface area contributed by atoms with E-state index in [4.69, 9.17) is 11.6 Å². The lowest BCUT2D eigenvalue weighted by Gasteiger charge is -2.06. The molecule has 1 amide bonds. The van der Waals surface area contributed by atoms with Crippen molar-refractivity contribution in [2.45, 2.75) is 26.7 Å². The van der Waals surface area contributed by atoms with Crippen molar-refractivity contribution in [3.05, 3.63) is 64.2 Å². The van der Waals surface area contributed by atoms with Gasteiger partial charge in [-0.15, -0.1) is 0 Å². The van der Waals surface area contributed by atoms with E-state index in [9.17, 15) is 9.90 Å². The van der Waals surface area contributed by atoms with Crippen molar-refractivity contribution >= 4 is 23.2 Å². The van der Waals surface area contributed by atoms with Crippen molar-refractivity contribution in [2.75, 3.05) is 0 Å². The summed E-state index contributed by atoms with van der Waals surface area (Å²) in [6.45, 7) is 3.95. The first-order valence-electron chi connectivity index (χ1n) is 7.43. The number of hydrogen-bond donors (Lipinski definition) is 2. The lowest BCUT2D eigenvalue weighted by Crippen LogP contribution is -2.19. The Morgan fingerprint density at radius 1 is 1.22 bits per heavy atom. The van der Waals surface area contributed by atoms with E-state index in [0.717, 1.165) is 18.4 Å². The van der Waals surface area contributed by atoms with Gasteiger partial charge in [0.1, 0.15) is 5.75 Å². The summed E-state index contributed by atoms with van der Waals surface area (Å²) in [7, 11) is 0. The molecule has 0 aliphatic rings. The van der Waals surface area contributed by atoms with E-state index in [1.54, 1.807) is 0 Å². The van der Waals surface area contributed by atoms with Gasteiger partial charge in [-0.3, -0.25) is 4.79 Å². The van der Waals surface area contributed by atoms with E-state index in [-0.39, 0.29) is 11.3 Å². The largest absolute Gasteiger partial charge is 0.507 e. The maximum absolute atomic E-state index is 12.1. The summed E-state index contributed by atoms with van der Waals surface area (Å²) in [4.78, 5) is 12.1. The summed E-state index contributed by atoms with van der Waals surface area (Å²) in [5.41, 5.74) is 5.41. The number of benzene rings is 2. The molecule has 2 rings (SSSR count). The molecule has 4 nitrogen and oxygen atoms in total. The van der Waals surface area contributed by atoms with Gasteiger partial charge >= 0.3 is 0 Å². The SMILES string of the molecule is CCCc1ccc(/C(C)=N/NC(=O)c2cc(Cl)ccc2O)cc1. The third-order valence-corrected chi connectivity index (χ3v) is 3.67. The van der Waals surface area contributed by atoms with E-state index in [2.05, 4.69) is 29.6 Å². The number of phenolic OH excluding ortho intramolecular Hbond substituents is 1. The second-order valence-corrected chi connectivity index (χ2v) is 5.68. The third kappa shape index (κ3) is 4.57. The molecule has 0 fully saturated rings. The fraction of sp³-hybridized carbons (Fsp3) is 0.222. The van der Waals surface area contributed by atoms with Gasteiger partial charge in [0, 0.05) is 5.02 Å². The lowest BCUT2D eigenvalue weighted by atomic mass is 10.1. The molecular weight excluding hydrogens is 312 g/mol. The van der Waals surface area contributed by atoms with E-state index in [1.807, 2.05) is 19.1 Å². The molecule has 0 bridgehead atoms. The van der Waals surface area contributed by atoms with Crippen LogP contribution in [0.3, 0.4) is 0 Å². The molecule has 120 valence electrons. The highest BCUT2D eigenvalue weighted by atomic mass is 35.5. The van der Waals surface area contributed by atoms with Crippen molar-refractivity contribution in [3.8, 4) is 5.75 Å². The minimum absolute atomic E-state index is 0.0901. The fourth-order valence-corrected chi connectivity index (χ4v) is 2.32. The zero-order chi connectivity index (χ0) is 16.8. The molecule has 0 spiro atoms. The standard InChI is InChI=1S/C18H19ClN2O2/c1-3-4-13-5-7-14(8-6-13)12(2)20-21-18(23)16-11-15(19)9-10-17(16)22/h5-11,22H,3-4H2,1-2H3,(H,21,23)/b20-12+. The van der Waals surface area contributed by atoms with Crippen LogP contribution in [-0.4, -0.2) is 16.7 Å². The minimum Gasteiger partial charge on any atom is -0.507 e. The van der Waals surface area contributed by atoms with Crippen LogP contribution in [0.4, 0.5) is 0 Å². The molecule has 0 heterocycles. The summed E-state index contributed by atoms with van der Waals surface area (Å²) < 4.78 is 0. The first kappa shape index (κ1) is 17.0. The van der Waals surface area contributed by atoms with E-state index in [0.29, 0.717) is 10.7 Å². The summed E-state index contributed by atoms with van der Waals surface area (Å²) in [5, 5.41) is 14.2. The van der Waals surface area contributed by atoms with Crippen LogP contribution < -0.4 is 5.43 Å². The van der Waals surface area contributed by atoms with Crippen molar-refractivity contribution in [2.24, 2.45) is 5.10 Å². The molecule has 0 radical (unpaired) electrons. The Balaban J connectivity index is 2.09. The van der Waals surface area contributed by atoms with Gasteiger partial charge in [-0.2, -0.15) is 5.10 Å². The molecule has 2 aromatic carbocycles. The maximum atomic E-state index is 12.1. The van der Waals surface area contributed by atoms with Gasteiger partial charge < -0.3 is 5.11 Å². The van der Waals surface area contributed by atoms with Crippen LogP contribution in [0.1, 0.15) is 41.8 Å². The summed E-state index contributed by atoms with van der Waals surface area (Å²) in [6.07, 6.45) is 2.15. The number of phenols is 1. The number of nitrogens with one attached hydrogen (secondary N) is 1. The van der Waals surface area contributed by atoms with Crippen LogP contribution in [0.5, 0.6) is 5.75 Å². The van der Waals surface area contributed by atoms with Crippen molar-refractivity contribution in [3.63, 3.8) is 0 Å². The van der Waals surface area contributed by atoms with Gasteiger partial charge in [-0.05, 0) is 42.7 Å². The fourth-order valence-electron chi connectivity index (χ4n) is 2.15. The quantitative estimate of drug-likeness (QED) is 0.639. The highest BCUT2D eigenvalue weighted by molar-refractivity contribution is 6.31. The normalized spacial score (nSPS) is 11.3. The predicted octanol–water partition coefficient (Wildman–Crippen LogP) is 4.15. The van der Waals surface area contributed by atoms with Crippen LogP contribution in [-0.2, 0) is 6.42 Å². The molecular formula is C18H19ClN2O2. The molecule has 0 atom stereocenters. The van der Waals surface area contributed by atoms with Gasteiger partial charge in [0.05, 0.1) is 11.3 Å². The number of aryl methyl sites for hydroxylation is 1. The number of amides is 1. The second kappa shape index (κ2) is 7.79. The number of carbonyl (C=O) groups excluding carboxylic acids is 1. The minimum atomic E-state index is -0.507. The van der Waals surface area contributed by atoms with Crippen LogP contribution >= 0.6 is 11.6 Å².